The van der Waals surface area contributed by atoms with Gasteiger partial charge in [0.2, 0.25) is 0 Å². The van der Waals surface area contributed by atoms with Crippen LogP contribution < -0.4 is 10.5 Å². The van der Waals surface area contributed by atoms with Gasteiger partial charge in [0.15, 0.2) is 0 Å². The van der Waals surface area contributed by atoms with Gasteiger partial charge in [-0.1, -0.05) is 19.1 Å². The molecule has 1 aliphatic heterocycles. The van der Waals surface area contributed by atoms with Crippen molar-refractivity contribution in [2.75, 3.05) is 26.7 Å². The molecule has 0 radical (unpaired) electrons. The Morgan fingerprint density at radius 2 is 1.92 bits per heavy atom. The van der Waals surface area contributed by atoms with E-state index in [4.69, 9.17) is 15.5 Å². The molecule has 1 atom stereocenters. The van der Waals surface area contributed by atoms with E-state index in [1.165, 1.54) is 0 Å². The van der Waals surface area contributed by atoms with Crippen LogP contribution in [0.3, 0.4) is 0 Å². The van der Waals surface area contributed by atoms with Crippen molar-refractivity contribution in [2.24, 2.45) is 11.1 Å². The highest BCUT2D eigenvalue weighted by molar-refractivity contribution is 5.78. The van der Waals surface area contributed by atoms with Crippen LogP contribution in [-0.4, -0.2) is 41.2 Å². The molecule has 1 unspecified atom stereocenters. The molecule has 0 amide bonds. The smallest absolute Gasteiger partial charge is 0.128 e. The van der Waals surface area contributed by atoms with E-state index in [0.717, 1.165) is 60.9 Å². The van der Waals surface area contributed by atoms with E-state index in [9.17, 15) is 0 Å². The van der Waals surface area contributed by atoms with Crippen molar-refractivity contribution in [2.45, 2.75) is 19.9 Å². The quantitative estimate of drug-likeness (QED) is 0.768. The van der Waals surface area contributed by atoms with Crippen molar-refractivity contribution in [1.82, 2.24) is 14.5 Å². The topological polar surface area (TPSA) is 56.3 Å². The predicted octanol–water partition coefficient (Wildman–Crippen LogP) is 3.20. The lowest BCUT2D eigenvalue weighted by molar-refractivity contribution is 0.268. The molecule has 5 nitrogen and oxygen atoms in total. The molecule has 0 saturated carbocycles. The zero-order chi connectivity index (χ0) is 18.1. The lowest BCUT2D eigenvalue weighted by Crippen LogP contribution is -2.31. The summed E-state index contributed by atoms with van der Waals surface area (Å²) in [7, 11) is 1.69. The van der Waals surface area contributed by atoms with Crippen LogP contribution in [-0.2, 0) is 6.54 Å². The summed E-state index contributed by atoms with van der Waals surface area (Å²) in [5, 5.41) is 0. The van der Waals surface area contributed by atoms with Gasteiger partial charge in [-0.05, 0) is 61.3 Å². The first kappa shape index (κ1) is 17.1. The number of rotatable bonds is 5. The average molecular weight is 350 g/mol. The molecule has 0 bridgehead atoms. The third kappa shape index (κ3) is 3.08. The molecular weight excluding hydrogens is 324 g/mol. The third-order valence-corrected chi connectivity index (χ3v) is 5.46. The number of hydrogen-bond donors (Lipinski definition) is 1. The van der Waals surface area contributed by atoms with E-state index < -0.39 is 0 Å². The van der Waals surface area contributed by atoms with Gasteiger partial charge in [0.25, 0.3) is 0 Å². The fourth-order valence-electron chi connectivity index (χ4n) is 3.83. The number of fused-ring (bicyclic) bond motifs is 1. The average Bonchev–Trinajstić information content (AvgIpc) is 3.23. The number of nitrogens with two attached hydrogens (primary N) is 1. The number of ether oxygens (including phenoxy) is 1. The number of imidazole rings is 1. The van der Waals surface area contributed by atoms with E-state index in [2.05, 4.69) is 46.7 Å². The Morgan fingerprint density at radius 1 is 1.15 bits per heavy atom. The highest BCUT2D eigenvalue weighted by Gasteiger charge is 2.33. The summed E-state index contributed by atoms with van der Waals surface area (Å²) in [6.45, 7) is 5.93. The Labute approximate surface area is 154 Å². The molecule has 1 aliphatic rings. The van der Waals surface area contributed by atoms with Gasteiger partial charge in [0, 0.05) is 12.2 Å². The second-order valence-corrected chi connectivity index (χ2v) is 7.53. The standard InChI is InChI=1S/C21H26N4O/c1-21(14-22)11-12-24(15-21)13-20-23-18-5-3-4-6-19(18)25(20)16-7-9-17(26-2)10-8-16/h3-10H,11-15,22H2,1-2H3. The van der Waals surface area contributed by atoms with Gasteiger partial charge in [0.1, 0.15) is 11.6 Å². The summed E-state index contributed by atoms with van der Waals surface area (Å²) in [6, 6.07) is 16.5. The summed E-state index contributed by atoms with van der Waals surface area (Å²) < 4.78 is 7.56. The Kier molecular flexibility index (Phi) is 4.42. The van der Waals surface area contributed by atoms with E-state index in [1.807, 2.05) is 18.2 Å². The van der Waals surface area contributed by atoms with Crippen LogP contribution in [0.15, 0.2) is 48.5 Å². The molecule has 0 aliphatic carbocycles. The van der Waals surface area contributed by atoms with Crippen LogP contribution in [0.2, 0.25) is 0 Å². The van der Waals surface area contributed by atoms with Gasteiger partial charge in [-0.15, -0.1) is 0 Å². The van der Waals surface area contributed by atoms with Crippen LogP contribution in [0.5, 0.6) is 5.75 Å². The minimum atomic E-state index is 0.219. The van der Waals surface area contributed by atoms with E-state index in [0.29, 0.717) is 0 Å². The number of nitrogens with zero attached hydrogens (tertiary/aromatic N) is 3. The second kappa shape index (κ2) is 6.74. The first-order valence-electron chi connectivity index (χ1n) is 9.15. The lowest BCUT2D eigenvalue weighted by atomic mass is 9.90. The molecule has 5 heteroatoms. The number of aromatic nitrogens is 2. The van der Waals surface area contributed by atoms with Gasteiger partial charge in [0.05, 0.1) is 24.7 Å². The number of methoxy groups -OCH3 is 1. The molecule has 3 aromatic rings. The highest BCUT2D eigenvalue weighted by atomic mass is 16.5. The van der Waals surface area contributed by atoms with Gasteiger partial charge >= 0.3 is 0 Å². The van der Waals surface area contributed by atoms with Crippen LogP contribution in [0.4, 0.5) is 0 Å². The monoisotopic (exact) mass is 350 g/mol. The highest BCUT2D eigenvalue weighted by Crippen LogP contribution is 2.31. The molecule has 2 N–H and O–H groups in total. The molecule has 1 fully saturated rings. The van der Waals surface area contributed by atoms with E-state index in [-0.39, 0.29) is 5.41 Å². The molecule has 0 spiro atoms. The molecule has 2 aromatic carbocycles. The molecule has 26 heavy (non-hydrogen) atoms. The predicted molar refractivity (Wildman–Crippen MR) is 105 cm³/mol. The van der Waals surface area contributed by atoms with E-state index in [1.54, 1.807) is 7.11 Å². The molecule has 136 valence electrons. The summed E-state index contributed by atoms with van der Waals surface area (Å²) >= 11 is 0. The van der Waals surface area contributed by atoms with Crippen molar-refractivity contribution in [1.29, 1.82) is 0 Å². The number of likely N-dealkylation sites (tertiary alicyclic amines) is 1. The van der Waals surface area contributed by atoms with Gasteiger partial charge in [-0.25, -0.2) is 4.98 Å². The first-order valence-corrected chi connectivity index (χ1v) is 9.15. The maximum atomic E-state index is 5.97. The number of hydrogen-bond acceptors (Lipinski definition) is 4. The number of para-hydroxylation sites is 2. The van der Waals surface area contributed by atoms with Gasteiger partial charge < -0.3 is 10.5 Å². The molecular formula is C21H26N4O. The van der Waals surface area contributed by atoms with Crippen LogP contribution >= 0.6 is 0 Å². The Bertz CT molecular complexity index is 902. The summed E-state index contributed by atoms with van der Waals surface area (Å²) in [4.78, 5) is 7.39. The second-order valence-electron chi connectivity index (χ2n) is 7.53. The molecule has 1 saturated heterocycles. The molecule has 2 heterocycles. The van der Waals surface area contributed by atoms with Crippen molar-refractivity contribution in [3.8, 4) is 11.4 Å². The Balaban J connectivity index is 1.72. The zero-order valence-electron chi connectivity index (χ0n) is 15.5. The zero-order valence-corrected chi connectivity index (χ0v) is 15.5. The largest absolute Gasteiger partial charge is 0.497 e. The summed E-state index contributed by atoms with van der Waals surface area (Å²) in [5.41, 5.74) is 9.46. The minimum Gasteiger partial charge on any atom is -0.497 e. The van der Waals surface area contributed by atoms with E-state index >= 15 is 0 Å². The normalized spacial score (nSPS) is 20.7. The maximum Gasteiger partial charge on any atom is 0.128 e. The first-order chi connectivity index (χ1) is 12.6. The van der Waals surface area contributed by atoms with Gasteiger partial charge in [-0.3, -0.25) is 9.47 Å². The molecule has 1 aromatic heterocycles. The van der Waals surface area contributed by atoms with Crippen molar-refractivity contribution in [3.05, 3.63) is 54.4 Å². The summed E-state index contributed by atoms with van der Waals surface area (Å²) in [6.07, 6.45) is 1.15. The lowest BCUT2D eigenvalue weighted by Gasteiger charge is -2.22. The minimum absolute atomic E-state index is 0.219. The fraction of sp³-hybridized carbons (Fsp3) is 0.381. The number of benzene rings is 2. The molecule has 4 rings (SSSR count). The summed E-state index contributed by atoms with van der Waals surface area (Å²) in [5.74, 6) is 1.93. The van der Waals surface area contributed by atoms with Crippen LogP contribution in [0, 0.1) is 5.41 Å². The maximum absolute atomic E-state index is 5.97. The van der Waals surface area contributed by atoms with Crippen LogP contribution in [0.1, 0.15) is 19.2 Å². The third-order valence-electron chi connectivity index (χ3n) is 5.46. The van der Waals surface area contributed by atoms with Crippen molar-refractivity contribution >= 4 is 11.0 Å². The Hall–Kier alpha value is -2.37. The SMILES string of the molecule is COc1ccc(-n2c(CN3CCC(C)(CN)C3)nc3ccccc32)cc1. The van der Waals surface area contributed by atoms with Crippen molar-refractivity contribution in [3.63, 3.8) is 0 Å². The van der Waals surface area contributed by atoms with Gasteiger partial charge in [-0.2, -0.15) is 0 Å². The van der Waals surface area contributed by atoms with Crippen LogP contribution in [0.25, 0.3) is 16.7 Å². The van der Waals surface area contributed by atoms with Crippen molar-refractivity contribution < 1.29 is 4.74 Å². The Morgan fingerprint density at radius 3 is 2.62 bits per heavy atom. The fourth-order valence-corrected chi connectivity index (χ4v) is 3.83.